The summed E-state index contributed by atoms with van der Waals surface area (Å²) in [5, 5.41) is 2.30. The van der Waals surface area contributed by atoms with Crippen molar-refractivity contribution in [2.24, 2.45) is 0 Å². The first-order valence-corrected chi connectivity index (χ1v) is 10.1. The molecule has 3 amide bonds. The van der Waals surface area contributed by atoms with Crippen LogP contribution >= 0.6 is 11.8 Å². The summed E-state index contributed by atoms with van der Waals surface area (Å²) in [4.78, 5) is 28.3. The van der Waals surface area contributed by atoms with Gasteiger partial charge in [-0.1, -0.05) is 25.1 Å². The second-order valence-electron chi connectivity index (χ2n) is 6.70. The summed E-state index contributed by atoms with van der Waals surface area (Å²) in [5.41, 5.74) is 0.515. The van der Waals surface area contributed by atoms with Crippen LogP contribution in [-0.2, 0) is 4.79 Å². The molecule has 2 atom stereocenters. The number of hydrogen-bond donors (Lipinski definition) is 1. The SMILES string of the molecule is CCCNC(=O)N(CCN1C(=O)[C@@H](C)S[C@@H]1c1ccccc1F)C(C)C. The number of nitrogens with zero attached hydrogens (tertiary/aromatic N) is 2. The summed E-state index contributed by atoms with van der Waals surface area (Å²) >= 11 is 1.45. The van der Waals surface area contributed by atoms with Gasteiger partial charge in [0.1, 0.15) is 11.2 Å². The van der Waals surface area contributed by atoms with E-state index in [0.29, 0.717) is 25.2 Å². The van der Waals surface area contributed by atoms with Crippen molar-refractivity contribution in [1.82, 2.24) is 15.1 Å². The molecule has 1 N–H and O–H groups in total. The maximum absolute atomic E-state index is 14.2. The zero-order valence-corrected chi connectivity index (χ0v) is 16.7. The Hall–Kier alpha value is -1.76. The number of rotatable bonds is 7. The van der Waals surface area contributed by atoms with Crippen molar-refractivity contribution in [2.45, 2.75) is 50.8 Å². The number of benzene rings is 1. The normalized spacial score (nSPS) is 19.9. The Morgan fingerprint density at radius 1 is 1.38 bits per heavy atom. The van der Waals surface area contributed by atoms with Crippen LogP contribution in [-0.4, -0.2) is 52.7 Å². The topological polar surface area (TPSA) is 52.7 Å². The predicted octanol–water partition coefficient (Wildman–Crippen LogP) is 3.62. The molecule has 0 aromatic heterocycles. The zero-order chi connectivity index (χ0) is 19.3. The molecular weight excluding hydrogens is 353 g/mol. The molecule has 5 nitrogen and oxygen atoms in total. The number of nitrogens with one attached hydrogen (secondary N) is 1. The summed E-state index contributed by atoms with van der Waals surface area (Å²) in [6.07, 6.45) is 0.867. The Labute approximate surface area is 159 Å². The highest BCUT2D eigenvalue weighted by Crippen LogP contribution is 2.43. The van der Waals surface area contributed by atoms with Crippen LogP contribution in [0, 0.1) is 5.82 Å². The average Bonchev–Trinajstić information content (AvgIpc) is 2.88. The molecular formula is C19H28FN3O2S. The number of amides is 3. The largest absolute Gasteiger partial charge is 0.338 e. The fourth-order valence-electron chi connectivity index (χ4n) is 2.96. The van der Waals surface area contributed by atoms with Gasteiger partial charge in [-0.2, -0.15) is 0 Å². The maximum Gasteiger partial charge on any atom is 0.317 e. The van der Waals surface area contributed by atoms with Crippen molar-refractivity contribution < 1.29 is 14.0 Å². The van der Waals surface area contributed by atoms with Crippen LogP contribution in [0.1, 0.15) is 45.1 Å². The molecule has 0 unspecified atom stereocenters. The molecule has 1 aliphatic rings. The van der Waals surface area contributed by atoms with Crippen LogP contribution in [0.5, 0.6) is 0 Å². The van der Waals surface area contributed by atoms with Gasteiger partial charge < -0.3 is 15.1 Å². The lowest BCUT2D eigenvalue weighted by Gasteiger charge is -2.31. The van der Waals surface area contributed by atoms with Crippen LogP contribution < -0.4 is 5.32 Å². The molecule has 0 radical (unpaired) electrons. The Morgan fingerprint density at radius 3 is 2.69 bits per heavy atom. The third kappa shape index (κ3) is 4.69. The molecule has 1 heterocycles. The molecule has 2 rings (SSSR count). The van der Waals surface area contributed by atoms with Gasteiger partial charge in [0.15, 0.2) is 0 Å². The number of thioether (sulfide) groups is 1. The Balaban J connectivity index is 2.12. The maximum atomic E-state index is 14.2. The van der Waals surface area contributed by atoms with Gasteiger partial charge in [0, 0.05) is 31.2 Å². The molecule has 0 bridgehead atoms. The van der Waals surface area contributed by atoms with Crippen LogP contribution in [0.4, 0.5) is 9.18 Å². The van der Waals surface area contributed by atoms with Gasteiger partial charge in [0.05, 0.1) is 5.25 Å². The fraction of sp³-hybridized carbons (Fsp3) is 0.579. The van der Waals surface area contributed by atoms with Crippen molar-refractivity contribution in [3.05, 3.63) is 35.6 Å². The minimum absolute atomic E-state index is 0.0130. The summed E-state index contributed by atoms with van der Waals surface area (Å²) in [5.74, 6) is -0.320. The summed E-state index contributed by atoms with van der Waals surface area (Å²) < 4.78 is 14.2. The van der Waals surface area contributed by atoms with E-state index < -0.39 is 0 Å². The van der Waals surface area contributed by atoms with Gasteiger partial charge in [-0.25, -0.2) is 9.18 Å². The monoisotopic (exact) mass is 381 g/mol. The van der Waals surface area contributed by atoms with Crippen LogP contribution in [0.3, 0.4) is 0 Å². The van der Waals surface area contributed by atoms with Crippen molar-refractivity contribution in [2.75, 3.05) is 19.6 Å². The van der Waals surface area contributed by atoms with Crippen molar-refractivity contribution in [3.63, 3.8) is 0 Å². The first-order valence-electron chi connectivity index (χ1n) is 9.11. The van der Waals surface area contributed by atoms with Crippen molar-refractivity contribution in [3.8, 4) is 0 Å². The minimum atomic E-state index is -0.355. The van der Waals surface area contributed by atoms with Gasteiger partial charge in [-0.15, -0.1) is 11.8 Å². The van der Waals surface area contributed by atoms with Crippen molar-refractivity contribution >= 4 is 23.7 Å². The molecule has 26 heavy (non-hydrogen) atoms. The molecule has 1 saturated heterocycles. The van der Waals surface area contributed by atoms with E-state index in [1.807, 2.05) is 27.7 Å². The highest BCUT2D eigenvalue weighted by Gasteiger charge is 2.39. The number of halogens is 1. The number of carbonyl (C=O) groups is 2. The Bertz CT molecular complexity index is 641. The highest BCUT2D eigenvalue weighted by atomic mass is 32.2. The van der Waals surface area contributed by atoms with E-state index in [1.54, 1.807) is 28.0 Å². The van der Waals surface area contributed by atoms with E-state index in [2.05, 4.69) is 5.32 Å². The summed E-state index contributed by atoms with van der Waals surface area (Å²) in [7, 11) is 0. The van der Waals surface area contributed by atoms with Crippen LogP contribution in [0.25, 0.3) is 0 Å². The Kier molecular flexibility index (Phi) is 7.32. The minimum Gasteiger partial charge on any atom is -0.338 e. The van der Waals surface area contributed by atoms with E-state index in [0.717, 1.165) is 6.42 Å². The first-order chi connectivity index (χ1) is 12.4. The van der Waals surface area contributed by atoms with E-state index in [1.165, 1.54) is 17.8 Å². The first kappa shape index (κ1) is 20.6. The molecule has 1 fully saturated rings. The third-order valence-electron chi connectivity index (χ3n) is 4.41. The lowest BCUT2D eigenvalue weighted by atomic mass is 10.2. The van der Waals surface area contributed by atoms with Crippen LogP contribution in [0.15, 0.2) is 24.3 Å². The lowest BCUT2D eigenvalue weighted by Crippen LogP contribution is -2.48. The molecule has 0 saturated carbocycles. The fourth-order valence-corrected chi connectivity index (χ4v) is 4.29. The molecule has 7 heteroatoms. The quantitative estimate of drug-likeness (QED) is 0.785. The molecule has 0 spiro atoms. The highest BCUT2D eigenvalue weighted by molar-refractivity contribution is 8.01. The Morgan fingerprint density at radius 2 is 2.08 bits per heavy atom. The second kappa shape index (κ2) is 9.26. The van der Waals surface area contributed by atoms with Gasteiger partial charge in [-0.3, -0.25) is 4.79 Å². The predicted molar refractivity (Wildman–Crippen MR) is 103 cm³/mol. The van der Waals surface area contributed by atoms with Crippen molar-refractivity contribution in [1.29, 1.82) is 0 Å². The standard InChI is InChI=1S/C19H28FN3O2S/c1-5-10-21-19(25)22(13(2)3)11-12-23-17(24)14(4)26-18(23)15-8-6-7-9-16(15)20/h6-9,13-14,18H,5,10-12H2,1-4H3,(H,21,25)/t14-,18-/m1/s1. The van der Waals surface area contributed by atoms with Gasteiger partial charge in [0.2, 0.25) is 5.91 Å². The van der Waals surface area contributed by atoms with Gasteiger partial charge in [-0.05, 0) is 33.3 Å². The second-order valence-corrected chi connectivity index (χ2v) is 8.13. The summed E-state index contributed by atoms with van der Waals surface area (Å²) in [6, 6.07) is 6.45. The zero-order valence-electron chi connectivity index (χ0n) is 15.9. The van der Waals surface area contributed by atoms with E-state index >= 15 is 0 Å². The molecule has 0 aliphatic carbocycles. The number of hydrogen-bond acceptors (Lipinski definition) is 3. The van der Waals surface area contributed by atoms with Gasteiger partial charge >= 0.3 is 6.03 Å². The molecule has 144 valence electrons. The molecule has 1 aromatic rings. The molecule has 1 aromatic carbocycles. The van der Waals surface area contributed by atoms with E-state index in [-0.39, 0.29) is 34.4 Å². The lowest BCUT2D eigenvalue weighted by molar-refractivity contribution is -0.130. The molecule has 1 aliphatic heterocycles. The van der Waals surface area contributed by atoms with E-state index in [4.69, 9.17) is 0 Å². The summed E-state index contributed by atoms with van der Waals surface area (Å²) in [6.45, 7) is 9.15. The van der Waals surface area contributed by atoms with Crippen LogP contribution in [0.2, 0.25) is 0 Å². The average molecular weight is 382 g/mol. The number of carbonyl (C=O) groups excluding carboxylic acids is 2. The number of urea groups is 1. The van der Waals surface area contributed by atoms with Gasteiger partial charge in [0.25, 0.3) is 0 Å². The smallest absolute Gasteiger partial charge is 0.317 e. The third-order valence-corrected chi connectivity index (χ3v) is 5.79. The van der Waals surface area contributed by atoms with E-state index in [9.17, 15) is 14.0 Å².